The SMILES string of the molecule is Nc1nc(N(CCc2cccc(F)c2)C2CC2)ncc1[N+](=O)[O-]. The summed E-state index contributed by atoms with van der Waals surface area (Å²) in [6, 6.07) is 6.74. The van der Waals surface area contributed by atoms with Crippen LogP contribution >= 0.6 is 0 Å². The second-order valence-electron chi connectivity index (χ2n) is 5.50. The van der Waals surface area contributed by atoms with Crippen LogP contribution in [0.4, 0.5) is 21.8 Å². The Hall–Kier alpha value is -2.77. The lowest BCUT2D eigenvalue weighted by Gasteiger charge is -2.22. The van der Waals surface area contributed by atoms with E-state index in [4.69, 9.17) is 5.73 Å². The van der Waals surface area contributed by atoms with Crippen LogP contribution < -0.4 is 10.6 Å². The highest BCUT2D eigenvalue weighted by Gasteiger charge is 2.31. The minimum absolute atomic E-state index is 0.142. The van der Waals surface area contributed by atoms with Gasteiger partial charge in [-0.1, -0.05) is 12.1 Å². The van der Waals surface area contributed by atoms with Gasteiger partial charge in [-0.05, 0) is 37.0 Å². The van der Waals surface area contributed by atoms with Crippen molar-refractivity contribution >= 4 is 17.5 Å². The Labute approximate surface area is 132 Å². The van der Waals surface area contributed by atoms with Gasteiger partial charge in [0.15, 0.2) is 0 Å². The van der Waals surface area contributed by atoms with Crippen LogP contribution in [0, 0.1) is 15.9 Å². The van der Waals surface area contributed by atoms with Gasteiger partial charge in [-0.3, -0.25) is 10.1 Å². The average Bonchev–Trinajstić information content (AvgIpc) is 3.32. The quantitative estimate of drug-likeness (QED) is 0.648. The lowest BCUT2D eigenvalue weighted by Crippen LogP contribution is -2.30. The van der Waals surface area contributed by atoms with Crippen molar-refractivity contribution in [3.63, 3.8) is 0 Å². The summed E-state index contributed by atoms with van der Waals surface area (Å²) < 4.78 is 13.2. The molecule has 1 aliphatic rings. The van der Waals surface area contributed by atoms with Crippen molar-refractivity contribution in [2.24, 2.45) is 0 Å². The first-order valence-corrected chi connectivity index (χ1v) is 7.32. The first-order valence-electron chi connectivity index (χ1n) is 7.32. The van der Waals surface area contributed by atoms with Gasteiger partial charge in [0.05, 0.1) is 4.92 Å². The third-order valence-electron chi connectivity index (χ3n) is 3.76. The molecule has 1 aliphatic carbocycles. The van der Waals surface area contributed by atoms with E-state index in [9.17, 15) is 14.5 Å². The zero-order chi connectivity index (χ0) is 16.4. The number of aromatic nitrogens is 2. The van der Waals surface area contributed by atoms with Gasteiger partial charge < -0.3 is 10.6 Å². The molecule has 3 rings (SSSR count). The monoisotopic (exact) mass is 317 g/mol. The normalized spacial score (nSPS) is 13.8. The summed E-state index contributed by atoms with van der Waals surface area (Å²) in [6.07, 6.45) is 3.80. The third-order valence-corrected chi connectivity index (χ3v) is 3.76. The van der Waals surface area contributed by atoms with Crippen molar-refractivity contribution in [1.29, 1.82) is 0 Å². The van der Waals surface area contributed by atoms with Crippen molar-refractivity contribution in [1.82, 2.24) is 9.97 Å². The highest BCUT2D eigenvalue weighted by atomic mass is 19.1. The van der Waals surface area contributed by atoms with Crippen molar-refractivity contribution < 1.29 is 9.31 Å². The summed E-state index contributed by atoms with van der Waals surface area (Å²) in [5.41, 5.74) is 6.22. The molecule has 23 heavy (non-hydrogen) atoms. The van der Waals surface area contributed by atoms with Gasteiger partial charge >= 0.3 is 5.69 Å². The van der Waals surface area contributed by atoms with E-state index in [2.05, 4.69) is 9.97 Å². The van der Waals surface area contributed by atoms with Gasteiger partial charge in [0.25, 0.3) is 0 Å². The fraction of sp³-hybridized carbons (Fsp3) is 0.333. The summed E-state index contributed by atoms with van der Waals surface area (Å²) in [7, 11) is 0. The van der Waals surface area contributed by atoms with E-state index in [1.54, 1.807) is 6.07 Å². The van der Waals surface area contributed by atoms with Gasteiger partial charge in [0.2, 0.25) is 11.8 Å². The number of benzene rings is 1. The summed E-state index contributed by atoms with van der Waals surface area (Å²) in [6.45, 7) is 0.603. The van der Waals surface area contributed by atoms with Crippen LogP contribution in [0.2, 0.25) is 0 Å². The number of anilines is 2. The predicted molar refractivity (Wildman–Crippen MR) is 83.6 cm³/mol. The van der Waals surface area contributed by atoms with Gasteiger partial charge in [0, 0.05) is 12.6 Å². The number of halogens is 1. The lowest BCUT2D eigenvalue weighted by molar-refractivity contribution is -0.384. The third kappa shape index (κ3) is 3.53. The number of nitro groups is 1. The smallest absolute Gasteiger partial charge is 0.329 e. The van der Waals surface area contributed by atoms with E-state index in [-0.39, 0.29) is 17.3 Å². The largest absolute Gasteiger partial charge is 0.378 e. The number of nitrogens with zero attached hydrogens (tertiary/aromatic N) is 4. The number of hydrogen-bond donors (Lipinski definition) is 1. The molecule has 0 bridgehead atoms. The van der Waals surface area contributed by atoms with Crippen LogP contribution in [-0.2, 0) is 6.42 Å². The first kappa shape index (κ1) is 15.1. The summed E-state index contributed by atoms with van der Waals surface area (Å²) in [5.74, 6) is -0.0280. The topological polar surface area (TPSA) is 98.2 Å². The Morgan fingerprint density at radius 2 is 2.22 bits per heavy atom. The van der Waals surface area contributed by atoms with E-state index < -0.39 is 4.92 Å². The fourth-order valence-electron chi connectivity index (χ4n) is 2.43. The molecule has 2 N–H and O–H groups in total. The second-order valence-corrected chi connectivity index (χ2v) is 5.50. The van der Waals surface area contributed by atoms with Crippen molar-refractivity contribution in [2.45, 2.75) is 25.3 Å². The van der Waals surface area contributed by atoms with Crippen LogP contribution in [0.25, 0.3) is 0 Å². The van der Waals surface area contributed by atoms with Gasteiger partial charge in [-0.15, -0.1) is 0 Å². The van der Waals surface area contributed by atoms with E-state index in [1.165, 1.54) is 12.1 Å². The van der Waals surface area contributed by atoms with Gasteiger partial charge in [-0.25, -0.2) is 9.37 Å². The predicted octanol–water partition coefficient (Wildman–Crippen LogP) is 2.32. The van der Waals surface area contributed by atoms with E-state index in [1.807, 2.05) is 11.0 Å². The van der Waals surface area contributed by atoms with E-state index >= 15 is 0 Å². The molecule has 1 saturated carbocycles. The molecule has 1 heterocycles. The Morgan fingerprint density at radius 3 is 2.83 bits per heavy atom. The molecule has 0 atom stereocenters. The van der Waals surface area contributed by atoms with Crippen LogP contribution in [0.3, 0.4) is 0 Å². The maximum atomic E-state index is 13.2. The molecule has 0 spiro atoms. The molecule has 0 amide bonds. The molecular weight excluding hydrogens is 301 g/mol. The second kappa shape index (κ2) is 6.15. The Bertz CT molecular complexity index is 736. The summed E-state index contributed by atoms with van der Waals surface area (Å²) in [4.78, 5) is 20.3. The highest BCUT2D eigenvalue weighted by molar-refractivity contribution is 5.54. The first-order chi connectivity index (χ1) is 11.0. The number of hydrogen-bond acceptors (Lipinski definition) is 6. The highest BCUT2D eigenvalue weighted by Crippen LogP contribution is 2.31. The van der Waals surface area contributed by atoms with Gasteiger partial charge in [0.1, 0.15) is 12.0 Å². The molecule has 0 radical (unpaired) electrons. The Kier molecular flexibility index (Phi) is 4.05. The molecule has 2 aromatic rings. The molecule has 7 nitrogen and oxygen atoms in total. The zero-order valence-electron chi connectivity index (χ0n) is 12.4. The maximum Gasteiger partial charge on any atom is 0.329 e. The minimum atomic E-state index is -0.604. The van der Waals surface area contributed by atoms with E-state index in [0.29, 0.717) is 25.0 Å². The molecule has 1 fully saturated rings. The Balaban J connectivity index is 1.77. The molecule has 120 valence electrons. The van der Waals surface area contributed by atoms with Crippen LogP contribution in [0.15, 0.2) is 30.5 Å². The molecule has 0 aliphatic heterocycles. The standard InChI is InChI=1S/C15H16FN5O2/c16-11-3-1-2-10(8-11)6-7-20(12-4-5-12)15-18-9-13(21(22)23)14(17)19-15/h1-3,8-9,12H,4-7H2,(H2,17,18,19). The summed E-state index contributed by atoms with van der Waals surface area (Å²) in [5, 5.41) is 10.8. The molecular formula is C15H16FN5O2. The van der Waals surface area contributed by atoms with E-state index in [0.717, 1.165) is 24.6 Å². The fourth-order valence-corrected chi connectivity index (χ4v) is 2.43. The number of nitrogens with two attached hydrogens (primary N) is 1. The van der Waals surface area contributed by atoms with Crippen LogP contribution in [-0.4, -0.2) is 27.5 Å². The van der Waals surface area contributed by atoms with Crippen LogP contribution in [0.5, 0.6) is 0 Å². The van der Waals surface area contributed by atoms with Crippen molar-refractivity contribution in [3.8, 4) is 0 Å². The average molecular weight is 317 g/mol. The van der Waals surface area contributed by atoms with Crippen molar-refractivity contribution in [3.05, 3.63) is 52.0 Å². The Morgan fingerprint density at radius 1 is 1.43 bits per heavy atom. The maximum absolute atomic E-state index is 13.2. The summed E-state index contributed by atoms with van der Waals surface area (Å²) >= 11 is 0. The molecule has 0 saturated heterocycles. The molecule has 1 aromatic carbocycles. The molecule has 1 aromatic heterocycles. The lowest BCUT2D eigenvalue weighted by atomic mass is 10.1. The van der Waals surface area contributed by atoms with Crippen LogP contribution in [0.1, 0.15) is 18.4 Å². The van der Waals surface area contributed by atoms with Gasteiger partial charge in [-0.2, -0.15) is 4.98 Å². The number of nitrogen functional groups attached to an aromatic ring is 1. The van der Waals surface area contributed by atoms with Crippen molar-refractivity contribution in [2.75, 3.05) is 17.2 Å². The zero-order valence-corrected chi connectivity index (χ0v) is 12.4. The molecule has 0 unspecified atom stereocenters. The number of rotatable bonds is 6. The minimum Gasteiger partial charge on any atom is -0.378 e. The molecule has 8 heteroatoms.